The van der Waals surface area contributed by atoms with Crippen LogP contribution in [0.2, 0.25) is 0 Å². The van der Waals surface area contributed by atoms with Gasteiger partial charge in [0.2, 0.25) is 0 Å². The normalized spacial score (nSPS) is 9.64. The van der Waals surface area contributed by atoms with Crippen LogP contribution in [-0.4, -0.2) is 0 Å². The van der Waals surface area contributed by atoms with Gasteiger partial charge >= 0.3 is 0 Å². The van der Waals surface area contributed by atoms with E-state index in [1.165, 1.54) is 11.1 Å². The van der Waals surface area contributed by atoms with Crippen LogP contribution in [0.5, 0.6) is 0 Å². The summed E-state index contributed by atoms with van der Waals surface area (Å²) in [6.45, 7) is 7.90. The van der Waals surface area contributed by atoms with Crippen molar-refractivity contribution in [1.29, 1.82) is 0 Å². The summed E-state index contributed by atoms with van der Waals surface area (Å²) in [4.78, 5) is 0. The molecule has 0 unspecified atom stereocenters. The van der Waals surface area contributed by atoms with Gasteiger partial charge in [0.05, 0.1) is 0 Å². The van der Waals surface area contributed by atoms with Gasteiger partial charge < -0.3 is 0 Å². The molecular formula is C11H13. The number of aryl methyl sites for hydroxylation is 2. The Morgan fingerprint density at radius 1 is 1.45 bits per heavy atom. The standard InChI is InChI=1S/C11H13/c1-4-10-7-6-9(3)11(5-2)8-10/h6-8H,1,5H2,2-3H3. The highest BCUT2D eigenvalue weighted by Crippen LogP contribution is 2.11. The fraction of sp³-hybridized carbons (Fsp3) is 0.273. The molecule has 0 nitrogen and oxygen atoms in total. The summed E-state index contributed by atoms with van der Waals surface area (Å²) < 4.78 is 0. The molecule has 1 radical (unpaired) electrons. The maximum absolute atomic E-state index is 3.61. The lowest BCUT2D eigenvalue weighted by atomic mass is 10.0. The molecule has 0 heterocycles. The Morgan fingerprint density at radius 2 is 2.18 bits per heavy atom. The summed E-state index contributed by atoms with van der Waals surface area (Å²) >= 11 is 0. The van der Waals surface area contributed by atoms with Crippen molar-refractivity contribution in [3.05, 3.63) is 47.5 Å². The zero-order chi connectivity index (χ0) is 8.27. The number of hydrogen-bond donors (Lipinski definition) is 0. The van der Waals surface area contributed by atoms with Gasteiger partial charge in [0.25, 0.3) is 0 Å². The smallest absolute Gasteiger partial charge is 0.0181 e. The average molecular weight is 145 g/mol. The number of hydrogen-bond acceptors (Lipinski definition) is 0. The van der Waals surface area contributed by atoms with Crippen molar-refractivity contribution in [2.75, 3.05) is 0 Å². The van der Waals surface area contributed by atoms with Crippen molar-refractivity contribution in [1.82, 2.24) is 0 Å². The van der Waals surface area contributed by atoms with Crippen LogP contribution >= 0.6 is 0 Å². The summed E-state index contributed by atoms with van der Waals surface area (Å²) in [7, 11) is 0. The molecule has 0 saturated carbocycles. The Bertz CT molecular complexity index is 259. The van der Waals surface area contributed by atoms with Crippen LogP contribution in [0.25, 0.3) is 0 Å². The molecule has 0 aliphatic heterocycles. The molecule has 0 aliphatic rings. The lowest BCUT2D eigenvalue weighted by Crippen LogP contribution is -1.86. The first-order chi connectivity index (χ1) is 5.27. The Morgan fingerprint density at radius 3 is 2.73 bits per heavy atom. The van der Waals surface area contributed by atoms with Gasteiger partial charge in [0, 0.05) is 0 Å². The number of benzene rings is 1. The highest BCUT2D eigenvalue weighted by molar-refractivity contribution is 5.33. The average Bonchev–Trinajstić information content (AvgIpc) is 2.05. The minimum atomic E-state index is 1.08. The lowest BCUT2D eigenvalue weighted by molar-refractivity contribution is 1.10. The molecule has 0 saturated heterocycles. The molecule has 1 aromatic rings. The Balaban J connectivity index is 3.12. The van der Waals surface area contributed by atoms with Gasteiger partial charge in [-0.15, -0.1) is 0 Å². The van der Waals surface area contributed by atoms with E-state index in [1.54, 1.807) is 0 Å². The van der Waals surface area contributed by atoms with Crippen molar-refractivity contribution < 1.29 is 0 Å². The minimum Gasteiger partial charge on any atom is -0.0906 e. The fourth-order valence-electron chi connectivity index (χ4n) is 1.16. The number of rotatable bonds is 2. The molecule has 0 spiro atoms. The molecule has 0 aromatic heterocycles. The maximum Gasteiger partial charge on any atom is -0.0181 e. The van der Waals surface area contributed by atoms with Crippen LogP contribution in [0.4, 0.5) is 0 Å². The van der Waals surface area contributed by atoms with Gasteiger partial charge in [-0.25, -0.2) is 0 Å². The van der Waals surface area contributed by atoms with Crippen LogP contribution < -0.4 is 0 Å². The van der Waals surface area contributed by atoms with Crippen LogP contribution in [-0.2, 0) is 6.42 Å². The van der Waals surface area contributed by atoms with Crippen molar-refractivity contribution in [3.8, 4) is 0 Å². The highest BCUT2D eigenvalue weighted by atomic mass is 14.0. The predicted octanol–water partition coefficient (Wildman–Crippen LogP) is 2.89. The van der Waals surface area contributed by atoms with Crippen LogP contribution in [0.1, 0.15) is 23.6 Å². The van der Waals surface area contributed by atoms with E-state index in [4.69, 9.17) is 0 Å². The monoisotopic (exact) mass is 145 g/mol. The van der Waals surface area contributed by atoms with E-state index in [2.05, 4.69) is 38.6 Å². The minimum absolute atomic E-state index is 1.08. The van der Waals surface area contributed by atoms with Gasteiger partial charge in [0.1, 0.15) is 0 Å². The zero-order valence-electron chi connectivity index (χ0n) is 7.15. The van der Waals surface area contributed by atoms with E-state index in [1.807, 2.05) is 6.07 Å². The van der Waals surface area contributed by atoms with E-state index in [0.717, 1.165) is 12.0 Å². The van der Waals surface area contributed by atoms with Gasteiger partial charge in [-0.2, -0.15) is 0 Å². The molecule has 0 atom stereocenters. The molecule has 1 aromatic carbocycles. The highest BCUT2D eigenvalue weighted by Gasteiger charge is 1.94. The van der Waals surface area contributed by atoms with E-state index in [0.29, 0.717) is 0 Å². The van der Waals surface area contributed by atoms with Gasteiger partial charge in [-0.05, 0) is 36.1 Å². The first kappa shape index (κ1) is 8.06. The van der Waals surface area contributed by atoms with E-state index < -0.39 is 0 Å². The van der Waals surface area contributed by atoms with Crippen LogP contribution in [0, 0.1) is 13.0 Å². The van der Waals surface area contributed by atoms with E-state index >= 15 is 0 Å². The molecule has 11 heavy (non-hydrogen) atoms. The Hall–Kier alpha value is -1.04. The molecular weight excluding hydrogens is 132 g/mol. The zero-order valence-corrected chi connectivity index (χ0v) is 7.15. The summed E-state index contributed by atoms with van der Waals surface area (Å²) in [5.41, 5.74) is 3.83. The SMILES string of the molecule is C=[C]c1ccc(C)c(CC)c1. The van der Waals surface area contributed by atoms with Crippen molar-refractivity contribution in [3.63, 3.8) is 0 Å². The third-order valence-corrected chi connectivity index (χ3v) is 1.93. The molecule has 1 rings (SSSR count). The van der Waals surface area contributed by atoms with E-state index in [9.17, 15) is 0 Å². The second-order valence-corrected chi connectivity index (χ2v) is 2.67. The Kier molecular flexibility index (Phi) is 2.48. The topological polar surface area (TPSA) is 0 Å². The molecule has 0 fully saturated rings. The third-order valence-electron chi connectivity index (χ3n) is 1.93. The van der Waals surface area contributed by atoms with Gasteiger partial charge in [0.15, 0.2) is 0 Å². The quantitative estimate of drug-likeness (QED) is 0.600. The Labute approximate surface area is 68.6 Å². The van der Waals surface area contributed by atoms with Crippen molar-refractivity contribution in [2.24, 2.45) is 0 Å². The molecule has 0 heteroatoms. The van der Waals surface area contributed by atoms with Crippen LogP contribution in [0.15, 0.2) is 24.8 Å². The molecule has 57 valence electrons. The second-order valence-electron chi connectivity index (χ2n) is 2.67. The summed E-state index contributed by atoms with van der Waals surface area (Å²) in [6.07, 6.45) is 3.96. The fourth-order valence-corrected chi connectivity index (χ4v) is 1.16. The summed E-state index contributed by atoms with van der Waals surface area (Å²) in [5.74, 6) is 0. The van der Waals surface area contributed by atoms with Crippen molar-refractivity contribution >= 4 is 0 Å². The van der Waals surface area contributed by atoms with Gasteiger partial charge in [-0.1, -0.05) is 31.7 Å². The first-order valence-corrected chi connectivity index (χ1v) is 3.90. The lowest BCUT2D eigenvalue weighted by Gasteiger charge is -2.02. The van der Waals surface area contributed by atoms with Gasteiger partial charge in [-0.3, -0.25) is 0 Å². The van der Waals surface area contributed by atoms with E-state index in [-0.39, 0.29) is 0 Å². The van der Waals surface area contributed by atoms with Crippen molar-refractivity contribution in [2.45, 2.75) is 20.3 Å². The molecule has 0 aliphatic carbocycles. The van der Waals surface area contributed by atoms with Crippen LogP contribution in [0.3, 0.4) is 0 Å². The summed E-state index contributed by atoms with van der Waals surface area (Å²) in [6, 6.07) is 6.30. The summed E-state index contributed by atoms with van der Waals surface area (Å²) in [5, 5.41) is 0. The largest absolute Gasteiger partial charge is 0.0906 e. The third kappa shape index (κ3) is 1.70. The first-order valence-electron chi connectivity index (χ1n) is 3.90. The second kappa shape index (κ2) is 3.38. The molecule has 0 bridgehead atoms. The molecule has 0 amide bonds. The molecule has 0 N–H and O–H groups in total. The predicted molar refractivity (Wildman–Crippen MR) is 48.5 cm³/mol. The maximum atomic E-state index is 3.61.